The Labute approximate surface area is 89.9 Å². The summed E-state index contributed by atoms with van der Waals surface area (Å²) in [5, 5.41) is 10.6. The predicted molar refractivity (Wildman–Crippen MR) is 62.9 cm³/mol. The van der Waals surface area contributed by atoms with E-state index in [2.05, 4.69) is 37.9 Å². The average Bonchev–Trinajstić information content (AvgIpc) is 2.61. The lowest BCUT2D eigenvalue weighted by atomic mass is 9.83. The van der Waals surface area contributed by atoms with Gasteiger partial charge in [-0.1, -0.05) is 26.8 Å². The van der Waals surface area contributed by atoms with E-state index in [1.807, 2.05) is 12.3 Å². The number of benzene rings is 1. The normalized spacial score (nSPS) is 12.3. The van der Waals surface area contributed by atoms with Crippen LogP contribution in [0.5, 0.6) is 0 Å². The molecular weight excluding hydrogens is 186 g/mol. The summed E-state index contributed by atoms with van der Waals surface area (Å²) >= 11 is 0. The molecule has 0 aliphatic heterocycles. The molecule has 0 radical (unpaired) electrons. The second kappa shape index (κ2) is 3.38. The van der Waals surface area contributed by atoms with Gasteiger partial charge in [-0.05, 0) is 28.7 Å². The highest BCUT2D eigenvalue weighted by atomic mass is 16.3. The summed E-state index contributed by atoms with van der Waals surface area (Å²) in [4.78, 5) is 3.16. The maximum absolute atomic E-state index is 9.48. The van der Waals surface area contributed by atoms with Gasteiger partial charge in [0.15, 0.2) is 0 Å². The summed E-state index contributed by atoms with van der Waals surface area (Å²) < 4.78 is 0. The molecule has 2 N–H and O–H groups in total. The maximum Gasteiger partial charge on any atom is 0.0691 e. The van der Waals surface area contributed by atoms with Crippen LogP contribution in [-0.4, -0.2) is 10.1 Å². The first-order valence-corrected chi connectivity index (χ1v) is 5.24. The van der Waals surface area contributed by atoms with E-state index in [0.29, 0.717) is 0 Å². The Morgan fingerprint density at radius 1 is 1.20 bits per heavy atom. The van der Waals surface area contributed by atoms with Gasteiger partial charge in [0.1, 0.15) is 0 Å². The lowest BCUT2D eigenvalue weighted by Gasteiger charge is -2.22. The number of hydrogen-bond acceptors (Lipinski definition) is 1. The van der Waals surface area contributed by atoms with E-state index in [-0.39, 0.29) is 12.0 Å². The summed E-state index contributed by atoms with van der Waals surface area (Å²) in [6, 6.07) is 6.20. The van der Waals surface area contributed by atoms with Crippen molar-refractivity contribution in [2.75, 3.05) is 0 Å². The molecule has 0 spiro atoms. The molecule has 80 valence electrons. The van der Waals surface area contributed by atoms with Crippen molar-refractivity contribution in [2.45, 2.75) is 32.8 Å². The lowest BCUT2D eigenvalue weighted by molar-refractivity contribution is 0.280. The van der Waals surface area contributed by atoms with Crippen molar-refractivity contribution in [3.8, 4) is 0 Å². The standard InChI is InChI=1S/C13H17NO/c1-13(2,3)11-4-5-12-9(6-7-14-12)10(11)8-15/h4-7,14-15H,8H2,1-3H3. The fourth-order valence-electron chi connectivity index (χ4n) is 2.07. The molecule has 1 aromatic heterocycles. The highest BCUT2D eigenvalue weighted by molar-refractivity contribution is 5.84. The Hall–Kier alpha value is -1.28. The zero-order valence-corrected chi connectivity index (χ0v) is 9.46. The fourth-order valence-corrected chi connectivity index (χ4v) is 2.07. The third kappa shape index (κ3) is 1.65. The van der Waals surface area contributed by atoms with Gasteiger partial charge in [-0.2, -0.15) is 0 Å². The first kappa shape index (κ1) is 10.2. The van der Waals surface area contributed by atoms with Gasteiger partial charge in [0.25, 0.3) is 0 Å². The van der Waals surface area contributed by atoms with Crippen LogP contribution in [0, 0.1) is 0 Å². The maximum atomic E-state index is 9.48. The van der Waals surface area contributed by atoms with Gasteiger partial charge in [0, 0.05) is 17.1 Å². The molecule has 0 bridgehead atoms. The lowest BCUT2D eigenvalue weighted by Crippen LogP contribution is -2.14. The van der Waals surface area contributed by atoms with Crippen molar-refractivity contribution in [3.63, 3.8) is 0 Å². The second-order valence-electron chi connectivity index (χ2n) is 4.94. The van der Waals surface area contributed by atoms with Crippen molar-refractivity contribution >= 4 is 10.9 Å². The minimum atomic E-state index is 0.0729. The number of H-pyrrole nitrogens is 1. The van der Waals surface area contributed by atoms with E-state index >= 15 is 0 Å². The Balaban J connectivity index is 2.75. The van der Waals surface area contributed by atoms with E-state index in [1.54, 1.807) is 0 Å². The average molecular weight is 203 g/mol. The van der Waals surface area contributed by atoms with E-state index in [9.17, 15) is 5.11 Å². The molecule has 2 heteroatoms. The fraction of sp³-hybridized carbons (Fsp3) is 0.385. The van der Waals surface area contributed by atoms with E-state index < -0.39 is 0 Å². The number of fused-ring (bicyclic) bond motifs is 1. The molecule has 0 fully saturated rings. The first-order chi connectivity index (χ1) is 7.04. The van der Waals surface area contributed by atoms with Crippen molar-refractivity contribution < 1.29 is 5.11 Å². The Morgan fingerprint density at radius 2 is 1.93 bits per heavy atom. The van der Waals surface area contributed by atoms with Crippen LogP contribution in [0.15, 0.2) is 24.4 Å². The van der Waals surface area contributed by atoms with Crippen molar-refractivity contribution in [1.82, 2.24) is 4.98 Å². The molecule has 1 aromatic carbocycles. The number of aliphatic hydroxyl groups is 1. The highest BCUT2D eigenvalue weighted by Crippen LogP contribution is 2.30. The number of aliphatic hydroxyl groups excluding tert-OH is 1. The van der Waals surface area contributed by atoms with Crippen LogP contribution in [0.2, 0.25) is 0 Å². The quantitative estimate of drug-likeness (QED) is 0.734. The summed E-state index contributed by atoms with van der Waals surface area (Å²) in [6.07, 6.45) is 1.91. The predicted octanol–water partition coefficient (Wildman–Crippen LogP) is 2.96. The largest absolute Gasteiger partial charge is 0.392 e. The van der Waals surface area contributed by atoms with E-state index in [1.165, 1.54) is 5.56 Å². The summed E-state index contributed by atoms with van der Waals surface area (Å²) in [5.41, 5.74) is 3.43. The zero-order valence-electron chi connectivity index (χ0n) is 9.46. The molecule has 0 aliphatic rings. The number of rotatable bonds is 1. The Kier molecular flexibility index (Phi) is 2.31. The van der Waals surface area contributed by atoms with Gasteiger partial charge < -0.3 is 10.1 Å². The van der Waals surface area contributed by atoms with Crippen LogP contribution in [0.25, 0.3) is 10.9 Å². The molecule has 2 aromatic rings. The second-order valence-corrected chi connectivity index (χ2v) is 4.94. The minimum Gasteiger partial charge on any atom is -0.392 e. The first-order valence-electron chi connectivity index (χ1n) is 5.24. The van der Waals surface area contributed by atoms with Gasteiger partial charge in [-0.25, -0.2) is 0 Å². The monoisotopic (exact) mass is 203 g/mol. The minimum absolute atomic E-state index is 0.0729. The molecule has 2 rings (SSSR count). The molecule has 0 aliphatic carbocycles. The molecule has 0 saturated carbocycles. The van der Waals surface area contributed by atoms with Gasteiger partial charge in [0.05, 0.1) is 6.61 Å². The topological polar surface area (TPSA) is 36.0 Å². The molecule has 1 heterocycles. The third-order valence-corrected chi connectivity index (χ3v) is 2.81. The van der Waals surface area contributed by atoms with E-state index in [4.69, 9.17) is 0 Å². The van der Waals surface area contributed by atoms with Gasteiger partial charge in [-0.15, -0.1) is 0 Å². The molecule has 0 saturated heterocycles. The third-order valence-electron chi connectivity index (χ3n) is 2.81. The van der Waals surface area contributed by atoms with Crippen LogP contribution >= 0.6 is 0 Å². The zero-order chi connectivity index (χ0) is 11.1. The van der Waals surface area contributed by atoms with E-state index in [0.717, 1.165) is 16.5 Å². The highest BCUT2D eigenvalue weighted by Gasteiger charge is 2.19. The molecule has 0 atom stereocenters. The van der Waals surface area contributed by atoms with Crippen molar-refractivity contribution in [3.05, 3.63) is 35.5 Å². The van der Waals surface area contributed by atoms with Crippen LogP contribution in [0.1, 0.15) is 31.9 Å². The van der Waals surface area contributed by atoms with Crippen LogP contribution in [-0.2, 0) is 12.0 Å². The number of aromatic nitrogens is 1. The summed E-state index contributed by atoms with van der Waals surface area (Å²) in [5.74, 6) is 0. The molecule has 0 amide bonds. The summed E-state index contributed by atoms with van der Waals surface area (Å²) in [6.45, 7) is 6.60. The number of hydrogen-bond donors (Lipinski definition) is 2. The summed E-state index contributed by atoms with van der Waals surface area (Å²) in [7, 11) is 0. The SMILES string of the molecule is CC(C)(C)c1ccc2[nH]ccc2c1CO. The molecule has 0 unspecified atom stereocenters. The Morgan fingerprint density at radius 3 is 2.53 bits per heavy atom. The van der Waals surface area contributed by atoms with Crippen molar-refractivity contribution in [2.24, 2.45) is 0 Å². The molecule has 15 heavy (non-hydrogen) atoms. The molecular formula is C13H17NO. The van der Waals surface area contributed by atoms with Gasteiger partial charge in [-0.3, -0.25) is 0 Å². The van der Waals surface area contributed by atoms with Crippen LogP contribution < -0.4 is 0 Å². The van der Waals surface area contributed by atoms with Gasteiger partial charge in [0.2, 0.25) is 0 Å². The van der Waals surface area contributed by atoms with Crippen LogP contribution in [0.4, 0.5) is 0 Å². The number of aromatic amines is 1. The smallest absolute Gasteiger partial charge is 0.0691 e. The van der Waals surface area contributed by atoms with Crippen molar-refractivity contribution in [1.29, 1.82) is 0 Å². The number of nitrogens with one attached hydrogen (secondary N) is 1. The van der Waals surface area contributed by atoms with Gasteiger partial charge >= 0.3 is 0 Å². The molecule has 2 nitrogen and oxygen atoms in total. The van der Waals surface area contributed by atoms with Crippen LogP contribution in [0.3, 0.4) is 0 Å². The Bertz CT molecular complexity index is 477.